The molecule has 0 heterocycles. The fraction of sp³-hybridized carbons (Fsp3) is 1.00. The summed E-state index contributed by atoms with van der Waals surface area (Å²) in [5, 5.41) is 3.89. The Hall–Kier alpha value is -0.0800. The van der Waals surface area contributed by atoms with Gasteiger partial charge in [0.05, 0.1) is 5.60 Å². The van der Waals surface area contributed by atoms with Crippen LogP contribution in [0.25, 0.3) is 0 Å². The molecule has 0 bridgehead atoms. The summed E-state index contributed by atoms with van der Waals surface area (Å²) in [4.78, 5) is 0. The van der Waals surface area contributed by atoms with Gasteiger partial charge in [0.2, 0.25) is 0 Å². The Morgan fingerprint density at radius 3 is 2.50 bits per heavy atom. The van der Waals surface area contributed by atoms with Gasteiger partial charge in [0.25, 0.3) is 0 Å². The lowest BCUT2D eigenvalue weighted by Crippen LogP contribution is -2.55. The molecule has 2 nitrogen and oxygen atoms in total. The molecule has 0 aromatic rings. The van der Waals surface area contributed by atoms with Crippen molar-refractivity contribution in [3.63, 3.8) is 0 Å². The van der Waals surface area contributed by atoms with Crippen molar-refractivity contribution in [2.24, 2.45) is 11.8 Å². The van der Waals surface area contributed by atoms with Gasteiger partial charge in [0, 0.05) is 13.2 Å². The normalized spacial score (nSPS) is 31.4. The third-order valence-corrected chi connectivity index (χ3v) is 5.91. The van der Waals surface area contributed by atoms with Gasteiger partial charge in [-0.15, -0.1) is 0 Å². The van der Waals surface area contributed by atoms with Crippen molar-refractivity contribution in [3.8, 4) is 0 Å². The highest BCUT2D eigenvalue weighted by Crippen LogP contribution is 2.43. The van der Waals surface area contributed by atoms with E-state index in [1.165, 1.54) is 64.2 Å². The molecule has 0 saturated heterocycles. The molecule has 0 radical (unpaired) electrons. The Kier molecular flexibility index (Phi) is 6.35. The van der Waals surface area contributed by atoms with E-state index in [0.717, 1.165) is 18.4 Å². The summed E-state index contributed by atoms with van der Waals surface area (Å²) in [5.74, 6) is 1.79. The molecule has 2 rings (SSSR count). The zero-order chi connectivity index (χ0) is 14.4. The van der Waals surface area contributed by atoms with E-state index < -0.39 is 0 Å². The number of hydrogen-bond acceptors (Lipinski definition) is 2. The summed E-state index contributed by atoms with van der Waals surface area (Å²) in [6.45, 7) is 5.78. The third-order valence-electron chi connectivity index (χ3n) is 5.91. The van der Waals surface area contributed by atoms with E-state index >= 15 is 0 Å². The maximum atomic E-state index is 6.12. The molecule has 3 unspecified atom stereocenters. The molecule has 2 heteroatoms. The molecule has 0 aromatic carbocycles. The fourth-order valence-corrected chi connectivity index (χ4v) is 4.70. The van der Waals surface area contributed by atoms with E-state index in [1.807, 2.05) is 7.11 Å². The van der Waals surface area contributed by atoms with Crippen molar-refractivity contribution in [2.75, 3.05) is 13.7 Å². The number of nitrogens with one attached hydrogen (secondary N) is 1. The van der Waals surface area contributed by atoms with Crippen molar-refractivity contribution in [3.05, 3.63) is 0 Å². The van der Waals surface area contributed by atoms with Gasteiger partial charge >= 0.3 is 0 Å². The molecule has 0 amide bonds. The molecular weight excluding hydrogens is 246 g/mol. The Morgan fingerprint density at radius 2 is 1.90 bits per heavy atom. The van der Waals surface area contributed by atoms with Crippen LogP contribution < -0.4 is 5.32 Å². The summed E-state index contributed by atoms with van der Waals surface area (Å²) < 4.78 is 6.12. The van der Waals surface area contributed by atoms with Crippen molar-refractivity contribution in [1.82, 2.24) is 5.32 Å². The standard InChI is InChI=1S/C18H35NO/c1-4-13-19-17(18(20-3)11-6-7-12-18)16-10-8-9-15(5-2)14-16/h15-17,19H,4-14H2,1-3H3. The molecule has 2 fully saturated rings. The van der Waals surface area contributed by atoms with E-state index in [4.69, 9.17) is 4.74 Å². The molecule has 1 N–H and O–H groups in total. The first-order valence-corrected chi connectivity index (χ1v) is 9.04. The van der Waals surface area contributed by atoms with Crippen LogP contribution in [-0.2, 0) is 4.74 Å². The molecule has 0 spiro atoms. The Morgan fingerprint density at radius 1 is 1.15 bits per heavy atom. The van der Waals surface area contributed by atoms with Gasteiger partial charge in [-0.2, -0.15) is 0 Å². The van der Waals surface area contributed by atoms with E-state index in [0.29, 0.717) is 6.04 Å². The van der Waals surface area contributed by atoms with Crippen LogP contribution in [0.5, 0.6) is 0 Å². The van der Waals surface area contributed by atoms with Crippen LogP contribution >= 0.6 is 0 Å². The van der Waals surface area contributed by atoms with Gasteiger partial charge in [0.1, 0.15) is 0 Å². The molecule has 3 atom stereocenters. The smallest absolute Gasteiger partial charge is 0.0833 e. The maximum Gasteiger partial charge on any atom is 0.0833 e. The van der Waals surface area contributed by atoms with Crippen LogP contribution in [0.3, 0.4) is 0 Å². The summed E-state index contributed by atoms with van der Waals surface area (Å²) in [5.41, 5.74) is 0.134. The van der Waals surface area contributed by atoms with E-state index in [2.05, 4.69) is 19.2 Å². The highest BCUT2D eigenvalue weighted by Gasteiger charge is 2.45. The minimum absolute atomic E-state index is 0.134. The predicted octanol–water partition coefficient (Wildman–Crippen LogP) is 4.53. The molecule has 20 heavy (non-hydrogen) atoms. The largest absolute Gasteiger partial charge is 0.377 e. The summed E-state index contributed by atoms with van der Waals surface area (Å²) in [6, 6.07) is 0.587. The van der Waals surface area contributed by atoms with Crippen LogP contribution in [0.1, 0.15) is 78.1 Å². The number of methoxy groups -OCH3 is 1. The van der Waals surface area contributed by atoms with Crippen LogP contribution in [0.15, 0.2) is 0 Å². The predicted molar refractivity (Wildman–Crippen MR) is 86.0 cm³/mol. The van der Waals surface area contributed by atoms with Crippen molar-refractivity contribution in [1.29, 1.82) is 0 Å². The minimum Gasteiger partial charge on any atom is -0.377 e. The Labute approximate surface area is 126 Å². The first kappa shape index (κ1) is 16.3. The summed E-state index contributed by atoms with van der Waals surface area (Å²) in [6.07, 6.45) is 13.5. The second-order valence-corrected chi connectivity index (χ2v) is 7.11. The average Bonchev–Trinajstić information content (AvgIpc) is 2.98. The van der Waals surface area contributed by atoms with Gasteiger partial charge in [-0.3, -0.25) is 0 Å². The summed E-state index contributed by atoms with van der Waals surface area (Å²) >= 11 is 0. The van der Waals surface area contributed by atoms with Gasteiger partial charge in [-0.1, -0.05) is 46.0 Å². The second kappa shape index (κ2) is 7.79. The van der Waals surface area contributed by atoms with Crippen LogP contribution in [0.2, 0.25) is 0 Å². The minimum atomic E-state index is 0.134. The first-order chi connectivity index (χ1) is 9.75. The molecule has 118 valence electrons. The van der Waals surface area contributed by atoms with Crippen molar-refractivity contribution >= 4 is 0 Å². The zero-order valence-corrected chi connectivity index (χ0v) is 13.9. The lowest BCUT2D eigenvalue weighted by molar-refractivity contribution is -0.0590. The quantitative estimate of drug-likeness (QED) is 0.740. The molecule has 0 aromatic heterocycles. The van der Waals surface area contributed by atoms with Crippen LogP contribution in [0, 0.1) is 11.8 Å². The Bertz CT molecular complexity index is 273. The molecule has 2 aliphatic carbocycles. The van der Waals surface area contributed by atoms with Crippen LogP contribution in [-0.4, -0.2) is 25.3 Å². The van der Waals surface area contributed by atoms with Crippen molar-refractivity contribution in [2.45, 2.75) is 89.7 Å². The lowest BCUT2D eigenvalue weighted by Gasteiger charge is -2.44. The molecule has 2 aliphatic rings. The fourth-order valence-electron chi connectivity index (χ4n) is 4.70. The third kappa shape index (κ3) is 3.57. The lowest BCUT2D eigenvalue weighted by atomic mass is 9.71. The summed E-state index contributed by atoms with van der Waals surface area (Å²) in [7, 11) is 1.95. The van der Waals surface area contributed by atoms with E-state index in [9.17, 15) is 0 Å². The van der Waals surface area contributed by atoms with Gasteiger partial charge < -0.3 is 10.1 Å². The zero-order valence-electron chi connectivity index (χ0n) is 13.9. The van der Waals surface area contributed by atoms with Crippen molar-refractivity contribution < 1.29 is 4.74 Å². The maximum absolute atomic E-state index is 6.12. The average molecular weight is 281 g/mol. The van der Waals surface area contributed by atoms with Gasteiger partial charge in [-0.05, 0) is 50.5 Å². The topological polar surface area (TPSA) is 21.3 Å². The second-order valence-electron chi connectivity index (χ2n) is 7.11. The highest BCUT2D eigenvalue weighted by atomic mass is 16.5. The SMILES string of the molecule is CCCNC(C1CCCC(CC)C1)C1(OC)CCCC1. The number of rotatable bonds is 7. The Balaban J connectivity index is 2.09. The number of hydrogen-bond donors (Lipinski definition) is 1. The number of ether oxygens (including phenoxy) is 1. The van der Waals surface area contributed by atoms with Gasteiger partial charge in [-0.25, -0.2) is 0 Å². The monoisotopic (exact) mass is 281 g/mol. The highest BCUT2D eigenvalue weighted by molar-refractivity contribution is 5.01. The molecular formula is C18H35NO. The molecule has 2 saturated carbocycles. The first-order valence-electron chi connectivity index (χ1n) is 9.04. The van der Waals surface area contributed by atoms with E-state index in [-0.39, 0.29) is 5.60 Å². The van der Waals surface area contributed by atoms with Gasteiger partial charge in [0.15, 0.2) is 0 Å². The molecule has 0 aliphatic heterocycles. The van der Waals surface area contributed by atoms with Crippen LogP contribution in [0.4, 0.5) is 0 Å². The van der Waals surface area contributed by atoms with E-state index in [1.54, 1.807) is 0 Å².